The second-order valence-electron chi connectivity index (χ2n) is 8.48. The van der Waals surface area contributed by atoms with Gasteiger partial charge in [-0.25, -0.2) is 13.9 Å². The number of carbonyl (C=O) groups excluding carboxylic acids is 1. The molecule has 1 aromatic carbocycles. The van der Waals surface area contributed by atoms with Crippen molar-refractivity contribution in [3.05, 3.63) is 65.7 Å². The molecule has 1 aliphatic carbocycles. The van der Waals surface area contributed by atoms with E-state index in [-0.39, 0.29) is 23.9 Å². The van der Waals surface area contributed by atoms with Gasteiger partial charge < -0.3 is 20.5 Å². The van der Waals surface area contributed by atoms with Crippen molar-refractivity contribution in [2.75, 3.05) is 19.5 Å². The highest BCUT2D eigenvalue weighted by Gasteiger charge is 2.21. The average Bonchev–Trinajstić information content (AvgIpc) is 3.21. The first-order valence-corrected chi connectivity index (χ1v) is 11.4. The van der Waals surface area contributed by atoms with Crippen molar-refractivity contribution in [3.8, 4) is 22.8 Å². The number of halogens is 1. The van der Waals surface area contributed by atoms with Crippen molar-refractivity contribution < 1.29 is 18.7 Å². The Morgan fingerprint density at radius 1 is 1.26 bits per heavy atom. The number of nitrogens with two attached hydrogens (primary N) is 1. The molecule has 3 aromatic heterocycles. The molecule has 0 atom stereocenters. The third-order valence-corrected chi connectivity index (χ3v) is 6.18. The molecule has 9 nitrogen and oxygen atoms in total. The van der Waals surface area contributed by atoms with Crippen LogP contribution in [0.5, 0.6) is 11.6 Å². The van der Waals surface area contributed by atoms with Gasteiger partial charge in [-0.2, -0.15) is 4.98 Å². The van der Waals surface area contributed by atoms with Gasteiger partial charge in [-0.05, 0) is 54.7 Å². The molecule has 0 bridgehead atoms. The highest BCUT2D eigenvalue weighted by atomic mass is 19.1. The van der Waals surface area contributed by atoms with Crippen LogP contribution in [0, 0.1) is 11.7 Å². The molecule has 4 aromatic rings. The molecule has 3 N–H and O–H groups in total. The van der Waals surface area contributed by atoms with E-state index < -0.39 is 11.7 Å². The van der Waals surface area contributed by atoms with Crippen LogP contribution >= 0.6 is 0 Å². The van der Waals surface area contributed by atoms with Crippen molar-refractivity contribution >= 4 is 17.5 Å². The zero-order valence-electron chi connectivity index (χ0n) is 19.2. The maximum atomic E-state index is 14.6. The lowest BCUT2D eigenvalue weighted by Gasteiger charge is -2.25. The smallest absolute Gasteiger partial charge is 0.257 e. The zero-order chi connectivity index (χ0) is 24.4. The van der Waals surface area contributed by atoms with Crippen LogP contribution < -0.4 is 20.5 Å². The molecule has 35 heavy (non-hydrogen) atoms. The summed E-state index contributed by atoms with van der Waals surface area (Å²) in [7, 11) is 1.44. The fourth-order valence-corrected chi connectivity index (χ4v) is 3.99. The van der Waals surface area contributed by atoms with Crippen molar-refractivity contribution in [2.45, 2.75) is 25.8 Å². The monoisotopic (exact) mass is 476 g/mol. The molecule has 5 rings (SSSR count). The molecule has 1 fully saturated rings. The summed E-state index contributed by atoms with van der Waals surface area (Å²) in [5.41, 5.74) is 8.21. The molecular formula is C25H25FN6O3. The number of aromatic nitrogens is 4. The van der Waals surface area contributed by atoms with Crippen molar-refractivity contribution in [3.63, 3.8) is 0 Å². The SMILES string of the molecule is COc1ncc(-c2ccn3nc(N)nc3c2)cc1C(=O)NCc1c(F)cccc1OCC1CCC1. The Morgan fingerprint density at radius 2 is 2.11 bits per heavy atom. The maximum absolute atomic E-state index is 14.6. The minimum atomic E-state index is -0.447. The number of pyridine rings is 2. The number of nitrogen functional groups attached to an aromatic ring is 1. The molecule has 0 spiro atoms. The Kier molecular flexibility index (Phi) is 6.17. The number of nitrogens with one attached hydrogen (secondary N) is 1. The Morgan fingerprint density at radius 3 is 2.89 bits per heavy atom. The van der Waals surface area contributed by atoms with Crippen LogP contribution in [0.25, 0.3) is 16.8 Å². The summed E-state index contributed by atoms with van der Waals surface area (Å²) in [5.74, 6) is 0.394. The van der Waals surface area contributed by atoms with Crippen LogP contribution in [0.1, 0.15) is 35.2 Å². The second-order valence-corrected chi connectivity index (χ2v) is 8.48. The molecule has 10 heteroatoms. The molecule has 0 aliphatic heterocycles. The maximum Gasteiger partial charge on any atom is 0.257 e. The number of fused-ring (bicyclic) bond motifs is 1. The fourth-order valence-electron chi connectivity index (χ4n) is 3.99. The van der Waals surface area contributed by atoms with Gasteiger partial charge in [0, 0.05) is 30.1 Å². The van der Waals surface area contributed by atoms with Crippen LogP contribution in [0.15, 0.2) is 48.8 Å². The van der Waals surface area contributed by atoms with E-state index in [0.29, 0.717) is 35.0 Å². The molecule has 180 valence electrons. The summed E-state index contributed by atoms with van der Waals surface area (Å²) in [6.07, 6.45) is 6.78. The van der Waals surface area contributed by atoms with E-state index in [1.54, 1.807) is 41.2 Å². The van der Waals surface area contributed by atoms with Crippen molar-refractivity contribution in [2.24, 2.45) is 5.92 Å². The van der Waals surface area contributed by atoms with Gasteiger partial charge in [-0.3, -0.25) is 4.79 Å². The predicted molar refractivity (Wildman–Crippen MR) is 128 cm³/mol. The minimum Gasteiger partial charge on any atom is -0.493 e. The molecule has 1 saturated carbocycles. The molecule has 0 radical (unpaired) electrons. The van der Waals surface area contributed by atoms with Gasteiger partial charge in [-0.15, -0.1) is 5.10 Å². The molecule has 1 aliphatic rings. The Hall–Kier alpha value is -4.21. The number of hydrogen-bond donors (Lipinski definition) is 2. The van der Waals surface area contributed by atoms with Gasteiger partial charge in [0.15, 0.2) is 5.65 Å². The summed E-state index contributed by atoms with van der Waals surface area (Å²) in [6.45, 7) is 0.510. The van der Waals surface area contributed by atoms with Gasteiger partial charge in [0.1, 0.15) is 17.1 Å². The number of amides is 1. The van der Waals surface area contributed by atoms with E-state index in [0.717, 1.165) is 18.4 Å². The lowest BCUT2D eigenvalue weighted by molar-refractivity contribution is 0.0946. The van der Waals surface area contributed by atoms with Crippen LogP contribution in [-0.2, 0) is 6.54 Å². The summed E-state index contributed by atoms with van der Waals surface area (Å²) in [5, 5.41) is 6.84. The van der Waals surface area contributed by atoms with E-state index in [9.17, 15) is 9.18 Å². The normalized spacial score (nSPS) is 13.4. The number of rotatable bonds is 8. The van der Waals surface area contributed by atoms with Crippen LogP contribution in [0.3, 0.4) is 0 Å². The number of hydrogen-bond acceptors (Lipinski definition) is 7. The topological polar surface area (TPSA) is 117 Å². The number of benzene rings is 1. The van der Waals surface area contributed by atoms with Crippen molar-refractivity contribution in [1.82, 2.24) is 24.9 Å². The van der Waals surface area contributed by atoms with Gasteiger partial charge in [0.05, 0.1) is 13.7 Å². The van der Waals surface area contributed by atoms with E-state index in [1.807, 2.05) is 6.07 Å². The first kappa shape index (κ1) is 22.6. The largest absolute Gasteiger partial charge is 0.493 e. The fraction of sp³-hybridized carbons (Fsp3) is 0.280. The lowest BCUT2D eigenvalue weighted by Crippen LogP contribution is -2.25. The number of ether oxygens (including phenoxy) is 2. The predicted octanol–water partition coefficient (Wildman–Crippen LogP) is 3.63. The molecule has 1 amide bonds. The Balaban J connectivity index is 1.36. The standard InChI is InChI=1S/C25H25FN6O3/c1-34-24-18(10-17(12-29-24)16-8-9-32-22(11-16)30-25(27)31-32)23(33)28-13-19-20(26)6-3-7-21(19)35-14-15-4-2-5-15/h3,6-12,15H,2,4-5,13-14H2,1H3,(H2,27,31)(H,28,33). The lowest BCUT2D eigenvalue weighted by atomic mass is 9.86. The summed E-state index contributed by atoms with van der Waals surface area (Å²) in [4.78, 5) is 21.6. The third kappa shape index (κ3) is 4.72. The highest BCUT2D eigenvalue weighted by Crippen LogP contribution is 2.29. The van der Waals surface area contributed by atoms with E-state index in [4.69, 9.17) is 15.2 Å². The number of anilines is 1. The first-order chi connectivity index (χ1) is 17.0. The van der Waals surface area contributed by atoms with E-state index in [1.165, 1.54) is 19.6 Å². The van der Waals surface area contributed by atoms with Gasteiger partial charge in [0.2, 0.25) is 11.8 Å². The zero-order valence-corrected chi connectivity index (χ0v) is 19.2. The summed E-state index contributed by atoms with van der Waals surface area (Å²) >= 11 is 0. The van der Waals surface area contributed by atoms with Crippen LogP contribution in [0.4, 0.5) is 10.3 Å². The summed E-state index contributed by atoms with van der Waals surface area (Å²) in [6, 6.07) is 9.96. The third-order valence-electron chi connectivity index (χ3n) is 6.18. The summed E-state index contributed by atoms with van der Waals surface area (Å²) < 4.78 is 27.3. The highest BCUT2D eigenvalue weighted by molar-refractivity contribution is 5.97. The Bertz CT molecular complexity index is 1390. The molecule has 3 heterocycles. The van der Waals surface area contributed by atoms with Gasteiger partial charge in [0.25, 0.3) is 5.91 Å². The minimum absolute atomic E-state index is 0.0378. The number of methoxy groups -OCH3 is 1. The van der Waals surface area contributed by atoms with Crippen LogP contribution in [0.2, 0.25) is 0 Å². The molecule has 0 saturated heterocycles. The Labute approximate surface area is 201 Å². The number of nitrogens with zero attached hydrogens (tertiary/aromatic N) is 4. The molecular weight excluding hydrogens is 451 g/mol. The average molecular weight is 477 g/mol. The van der Waals surface area contributed by atoms with Crippen molar-refractivity contribution in [1.29, 1.82) is 0 Å². The molecule has 0 unspecified atom stereocenters. The van der Waals surface area contributed by atoms with Gasteiger partial charge >= 0.3 is 0 Å². The number of carbonyl (C=O) groups is 1. The quantitative estimate of drug-likeness (QED) is 0.399. The van der Waals surface area contributed by atoms with Gasteiger partial charge in [-0.1, -0.05) is 12.5 Å². The van der Waals surface area contributed by atoms with Crippen LogP contribution in [-0.4, -0.2) is 39.2 Å². The van der Waals surface area contributed by atoms with E-state index >= 15 is 0 Å². The first-order valence-electron chi connectivity index (χ1n) is 11.4. The van der Waals surface area contributed by atoms with E-state index in [2.05, 4.69) is 20.4 Å². The second kappa shape index (κ2) is 9.57.